The van der Waals surface area contributed by atoms with Crippen LogP contribution in [0.15, 0.2) is 177 Å². The van der Waals surface area contributed by atoms with E-state index in [4.69, 9.17) is 13.3 Å². The Morgan fingerprint density at radius 1 is 0.300 bits per heavy atom. The van der Waals surface area contributed by atoms with Gasteiger partial charge in [0.05, 0.1) is 0 Å². The molecule has 3 heterocycles. The zero-order valence-corrected chi connectivity index (χ0v) is 26.8. The SMILES string of the molecule is c1ccc2oc(-c3ccc(N(c4ccc5cc6oc7ccccc7c6cc5c4)c4ccc5cc6oc7ccccc7c6cc5c4)cc3)cc2c1. The highest BCUT2D eigenvalue weighted by Crippen LogP contribution is 2.41. The second-order valence-corrected chi connectivity index (χ2v) is 13.0. The van der Waals surface area contributed by atoms with Crippen LogP contribution in [-0.2, 0) is 0 Å². The zero-order valence-electron chi connectivity index (χ0n) is 26.8. The van der Waals surface area contributed by atoms with E-state index in [1.54, 1.807) is 0 Å². The third-order valence-corrected chi connectivity index (χ3v) is 9.99. The first-order valence-electron chi connectivity index (χ1n) is 16.8. The van der Waals surface area contributed by atoms with Crippen LogP contribution in [0.4, 0.5) is 17.1 Å². The molecule has 0 spiro atoms. The largest absolute Gasteiger partial charge is 0.456 e. The van der Waals surface area contributed by atoms with Crippen molar-refractivity contribution in [3.63, 3.8) is 0 Å². The number of furan rings is 3. The molecule has 11 aromatic rings. The van der Waals surface area contributed by atoms with Gasteiger partial charge < -0.3 is 18.2 Å². The lowest BCUT2D eigenvalue weighted by molar-refractivity contribution is 0.631. The van der Waals surface area contributed by atoms with E-state index in [1.807, 2.05) is 42.5 Å². The molecule has 0 aliphatic rings. The fourth-order valence-electron chi connectivity index (χ4n) is 7.54. The maximum absolute atomic E-state index is 6.21. The van der Waals surface area contributed by atoms with Crippen LogP contribution in [-0.4, -0.2) is 0 Å². The normalized spacial score (nSPS) is 12.0. The van der Waals surface area contributed by atoms with E-state index in [2.05, 4.69) is 126 Å². The van der Waals surface area contributed by atoms with Gasteiger partial charge in [0, 0.05) is 49.6 Å². The maximum Gasteiger partial charge on any atom is 0.136 e. The third kappa shape index (κ3) is 4.19. The first-order valence-corrected chi connectivity index (χ1v) is 16.8. The molecular formula is C46H27NO3. The van der Waals surface area contributed by atoms with E-state index in [-0.39, 0.29) is 0 Å². The Kier molecular flexibility index (Phi) is 5.63. The summed E-state index contributed by atoms with van der Waals surface area (Å²) in [5, 5.41) is 10.2. The van der Waals surface area contributed by atoms with Gasteiger partial charge >= 0.3 is 0 Å². The fourth-order valence-corrected chi connectivity index (χ4v) is 7.54. The van der Waals surface area contributed by atoms with Gasteiger partial charge in [0.15, 0.2) is 0 Å². The smallest absolute Gasteiger partial charge is 0.136 e. The summed E-state index contributed by atoms with van der Waals surface area (Å²) in [6.45, 7) is 0. The average molecular weight is 642 g/mol. The van der Waals surface area contributed by atoms with Crippen molar-refractivity contribution < 1.29 is 13.3 Å². The van der Waals surface area contributed by atoms with Crippen molar-refractivity contribution in [1.82, 2.24) is 0 Å². The van der Waals surface area contributed by atoms with Crippen LogP contribution >= 0.6 is 0 Å². The molecule has 0 amide bonds. The van der Waals surface area contributed by atoms with Crippen molar-refractivity contribution in [3.05, 3.63) is 164 Å². The van der Waals surface area contributed by atoms with Gasteiger partial charge in [-0.1, -0.05) is 66.7 Å². The minimum absolute atomic E-state index is 0.855. The molecule has 234 valence electrons. The number of fused-ring (bicyclic) bond motifs is 9. The summed E-state index contributed by atoms with van der Waals surface area (Å²) < 4.78 is 18.6. The zero-order chi connectivity index (χ0) is 32.8. The number of rotatable bonds is 4. The van der Waals surface area contributed by atoms with Gasteiger partial charge in [-0.3, -0.25) is 0 Å². The van der Waals surface area contributed by atoms with Gasteiger partial charge in [0.25, 0.3) is 0 Å². The minimum Gasteiger partial charge on any atom is -0.456 e. The second kappa shape index (κ2) is 10.4. The van der Waals surface area contributed by atoms with Crippen LogP contribution in [0.25, 0.3) is 87.7 Å². The topological polar surface area (TPSA) is 42.7 Å². The van der Waals surface area contributed by atoms with Crippen molar-refractivity contribution in [3.8, 4) is 11.3 Å². The Morgan fingerprint density at radius 2 is 0.820 bits per heavy atom. The predicted octanol–water partition coefficient (Wildman–Crippen LogP) is 13.7. The summed E-state index contributed by atoms with van der Waals surface area (Å²) in [7, 11) is 0. The average Bonchev–Trinajstić information content (AvgIpc) is 3.86. The van der Waals surface area contributed by atoms with Gasteiger partial charge in [0.2, 0.25) is 0 Å². The Hall–Kier alpha value is -6.78. The molecule has 0 saturated heterocycles. The van der Waals surface area contributed by atoms with Crippen LogP contribution in [0.5, 0.6) is 0 Å². The standard InChI is InChI=1S/C46H27NO3/c1-4-10-41-31(7-1)27-44(48-41)28-13-17-34(18-14-28)47(35-19-15-29-25-45-39(23-32(29)21-35)37-8-2-5-11-42(37)49-45)36-20-16-30-26-46-40(24-33(30)22-36)38-9-3-6-12-43(38)50-46/h1-27H. The van der Waals surface area contributed by atoms with E-state index in [1.165, 1.54) is 0 Å². The number of hydrogen-bond acceptors (Lipinski definition) is 4. The lowest BCUT2D eigenvalue weighted by Gasteiger charge is -2.26. The Balaban J connectivity index is 1.09. The van der Waals surface area contributed by atoms with Gasteiger partial charge in [-0.25, -0.2) is 0 Å². The van der Waals surface area contributed by atoms with Crippen molar-refractivity contribution >= 4 is 93.5 Å². The molecule has 0 radical (unpaired) electrons. The number of hydrogen-bond donors (Lipinski definition) is 0. The molecule has 0 atom stereocenters. The quantitative estimate of drug-likeness (QED) is 0.192. The van der Waals surface area contributed by atoms with E-state index < -0.39 is 0 Å². The van der Waals surface area contributed by atoms with Crippen molar-refractivity contribution in [2.45, 2.75) is 0 Å². The molecule has 0 aliphatic heterocycles. The lowest BCUT2D eigenvalue weighted by Crippen LogP contribution is -2.09. The van der Waals surface area contributed by atoms with E-state index in [0.717, 1.165) is 105 Å². The first kappa shape index (κ1) is 27.2. The summed E-state index contributed by atoms with van der Waals surface area (Å²) in [5.74, 6) is 0.855. The van der Waals surface area contributed by atoms with E-state index >= 15 is 0 Å². The summed E-state index contributed by atoms with van der Waals surface area (Å²) in [5.41, 5.74) is 8.71. The summed E-state index contributed by atoms with van der Waals surface area (Å²) >= 11 is 0. The van der Waals surface area contributed by atoms with Crippen molar-refractivity contribution in [2.75, 3.05) is 4.90 Å². The highest BCUT2D eigenvalue weighted by molar-refractivity contribution is 6.12. The third-order valence-electron chi connectivity index (χ3n) is 9.99. The lowest BCUT2D eigenvalue weighted by atomic mass is 10.0. The van der Waals surface area contributed by atoms with Gasteiger partial charge in [-0.05, 0) is 119 Å². The summed E-state index contributed by atoms with van der Waals surface area (Å²) in [4.78, 5) is 2.33. The number of benzene rings is 8. The van der Waals surface area contributed by atoms with Gasteiger partial charge in [0.1, 0.15) is 33.7 Å². The minimum atomic E-state index is 0.855. The van der Waals surface area contributed by atoms with Crippen molar-refractivity contribution in [2.24, 2.45) is 0 Å². The predicted molar refractivity (Wildman–Crippen MR) is 206 cm³/mol. The van der Waals surface area contributed by atoms with Crippen LogP contribution in [0.2, 0.25) is 0 Å². The number of para-hydroxylation sites is 3. The summed E-state index contributed by atoms with van der Waals surface area (Å²) in [6, 6.07) is 57.5. The molecule has 3 aromatic heterocycles. The molecule has 8 aromatic carbocycles. The fraction of sp³-hybridized carbons (Fsp3) is 0. The van der Waals surface area contributed by atoms with Crippen LogP contribution in [0.3, 0.4) is 0 Å². The van der Waals surface area contributed by atoms with E-state index in [0.29, 0.717) is 0 Å². The molecule has 11 rings (SSSR count). The molecule has 0 aliphatic carbocycles. The Labute approximate surface area is 286 Å². The highest BCUT2D eigenvalue weighted by atomic mass is 16.3. The van der Waals surface area contributed by atoms with Crippen LogP contribution in [0.1, 0.15) is 0 Å². The molecule has 4 heteroatoms. The molecular weight excluding hydrogens is 615 g/mol. The second-order valence-electron chi connectivity index (χ2n) is 13.0. The molecule has 0 unspecified atom stereocenters. The van der Waals surface area contributed by atoms with Crippen LogP contribution < -0.4 is 4.90 Å². The highest BCUT2D eigenvalue weighted by Gasteiger charge is 2.17. The van der Waals surface area contributed by atoms with Crippen LogP contribution in [0, 0.1) is 0 Å². The monoisotopic (exact) mass is 641 g/mol. The maximum atomic E-state index is 6.21. The van der Waals surface area contributed by atoms with Gasteiger partial charge in [-0.2, -0.15) is 0 Å². The molecule has 0 N–H and O–H groups in total. The van der Waals surface area contributed by atoms with Gasteiger partial charge in [-0.15, -0.1) is 0 Å². The Bertz CT molecular complexity index is 2920. The number of nitrogens with zero attached hydrogens (tertiary/aromatic N) is 1. The molecule has 0 bridgehead atoms. The molecule has 4 nitrogen and oxygen atoms in total. The Morgan fingerprint density at radius 3 is 1.40 bits per heavy atom. The molecule has 50 heavy (non-hydrogen) atoms. The summed E-state index contributed by atoms with van der Waals surface area (Å²) in [6.07, 6.45) is 0. The van der Waals surface area contributed by atoms with Crippen molar-refractivity contribution in [1.29, 1.82) is 0 Å². The number of anilines is 3. The van der Waals surface area contributed by atoms with E-state index in [9.17, 15) is 0 Å². The first-order chi connectivity index (χ1) is 24.7. The molecule has 0 fully saturated rings. The molecule has 0 saturated carbocycles.